The summed E-state index contributed by atoms with van der Waals surface area (Å²) in [5.74, 6) is 1.50. The van der Waals surface area contributed by atoms with Gasteiger partial charge in [-0.25, -0.2) is 0 Å². The van der Waals surface area contributed by atoms with Gasteiger partial charge in [-0.2, -0.15) is 11.8 Å². The Kier molecular flexibility index (Phi) is 35.6. The second-order valence-corrected chi connectivity index (χ2v) is 16.7. The highest BCUT2D eigenvalue weighted by Crippen LogP contribution is 2.20. The molecule has 3 amide bonds. The van der Waals surface area contributed by atoms with Gasteiger partial charge in [0.1, 0.15) is 6.61 Å². The first kappa shape index (κ1) is 50.2. The molecular weight excluding hydrogens is 707 g/mol. The average Bonchev–Trinajstić information content (AvgIpc) is 3.10. The number of amides is 3. The van der Waals surface area contributed by atoms with Crippen LogP contribution >= 0.6 is 33.3 Å². The van der Waals surface area contributed by atoms with Crippen LogP contribution in [0.5, 0.6) is 0 Å². The van der Waals surface area contributed by atoms with Gasteiger partial charge in [0.25, 0.3) is 0 Å². The van der Waals surface area contributed by atoms with E-state index in [1.165, 1.54) is 40.9 Å². The van der Waals surface area contributed by atoms with E-state index in [2.05, 4.69) is 74.4 Å². The summed E-state index contributed by atoms with van der Waals surface area (Å²) < 4.78 is 6.05. The van der Waals surface area contributed by atoms with E-state index in [9.17, 15) is 14.4 Å². The molecule has 0 heterocycles. The van der Waals surface area contributed by atoms with Gasteiger partial charge in [0, 0.05) is 38.5 Å². The number of rotatable bonds is 37. The number of carbonyl (C=O) groups is 3. The third-order valence-corrected chi connectivity index (χ3v) is 11.0. The largest absolute Gasteiger partial charge is 0.367 e. The summed E-state index contributed by atoms with van der Waals surface area (Å²) in [6, 6.07) is 0. The Bertz CT molecular complexity index is 854. The molecule has 13 nitrogen and oxygen atoms in total. The number of nitrogens with zero attached hydrogens (tertiary/aromatic N) is 4. The van der Waals surface area contributed by atoms with Crippen molar-refractivity contribution in [1.82, 2.24) is 46.2 Å². The summed E-state index contributed by atoms with van der Waals surface area (Å²) in [6.45, 7) is 11.8. The van der Waals surface area contributed by atoms with Gasteiger partial charge in [-0.1, -0.05) is 21.6 Å². The maximum Gasteiger partial charge on any atom is 0.246 e. The summed E-state index contributed by atoms with van der Waals surface area (Å²) >= 11 is 1.70. The van der Waals surface area contributed by atoms with Crippen molar-refractivity contribution in [2.24, 2.45) is 0 Å². The molecule has 0 radical (unpaired) electrons. The molecule has 0 aliphatic heterocycles. The van der Waals surface area contributed by atoms with Crippen molar-refractivity contribution >= 4 is 51.1 Å². The van der Waals surface area contributed by atoms with Crippen molar-refractivity contribution in [1.29, 1.82) is 0 Å². The minimum atomic E-state index is -0.0679. The molecule has 1 atom stereocenters. The van der Waals surface area contributed by atoms with E-state index in [4.69, 9.17) is 4.74 Å². The van der Waals surface area contributed by atoms with Crippen LogP contribution in [0.2, 0.25) is 0 Å². The lowest BCUT2D eigenvalue weighted by Crippen LogP contribution is -2.38. The van der Waals surface area contributed by atoms with Crippen LogP contribution in [0.1, 0.15) is 44.9 Å². The van der Waals surface area contributed by atoms with Crippen LogP contribution in [-0.2, 0) is 19.1 Å². The summed E-state index contributed by atoms with van der Waals surface area (Å²) in [4.78, 5) is 45.9. The Morgan fingerprint density at radius 2 is 1.00 bits per heavy atom. The zero-order valence-electron chi connectivity index (χ0n) is 33.2. The molecule has 1 unspecified atom stereocenters. The number of hydrogen-bond acceptors (Lipinski definition) is 13. The number of unbranched alkanes of at least 4 members (excludes halogenated alkanes) is 1. The van der Waals surface area contributed by atoms with Crippen LogP contribution in [0, 0.1) is 0 Å². The highest BCUT2D eigenvalue weighted by molar-refractivity contribution is 8.77. The first-order valence-corrected chi connectivity index (χ1v) is 22.7. The van der Waals surface area contributed by atoms with Crippen molar-refractivity contribution in [2.75, 3.05) is 157 Å². The number of thioether (sulfide) groups is 1. The van der Waals surface area contributed by atoms with Gasteiger partial charge in [-0.15, -0.1) is 0 Å². The van der Waals surface area contributed by atoms with Crippen LogP contribution < -0.4 is 26.6 Å². The lowest BCUT2D eigenvalue weighted by molar-refractivity contribution is -0.128. The van der Waals surface area contributed by atoms with E-state index in [0.717, 1.165) is 96.9 Å². The molecule has 0 saturated carbocycles. The molecule has 51 heavy (non-hydrogen) atoms. The fourth-order valence-electron chi connectivity index (χ4n) is 5.16. The minimum absolute atomic E-state index is 0.00961. The zero-order chi connectivity index (χ0) is 38.0. The Morgan fingerprint density at radius 1 is 0.569 bits per heavy atom. The van der Waals surface area contributed by atoms with Crippen LogP contribution in [0.15, 0.2) is 0 Å². The Balaban J connectivity index is 4.01. The van der Waals surface area contributed by atoms with E-state index < -0.39 is 0 Å². The van der Waals surface area contributed by atoms with Gasteiger partial charge < -0.3 is 50.9 Å². The van der Waals surface area contributed by atoms with E-state index in [1.807, 2.05) is 20.4 Å². The normalized spacial score (nSPS) is 12.3. The van der Waals surface area contributed by atoms with Crippen LogP contribution in [-0.4, -0.2) is 201 Å². The van der Waals surface area contributed by atoms with E-state index >= 15 is 0 Å². The second kappa shape index (κ2) is 36.2. The van der Waals surface area contributed by atoms with Gasteiger partial charge in [-0.05, 0) is 146 Å². The van der Waals surface area contributed by atoms with Gasteiger partial charge in [0.2, 0.25) is 17.7 Å². The van der Waals surface area contributed by atoms with E-state index in [1.54, 1.807) is 11.8 Å². The number of hydrogen-bond donors (Lipinski definition) is 5. The number of nitrogens with one attached hydrogen (secondary N) is 5. The molecule has 16 heteroatoms. The van der Waals surface area contributed by atoms with Gasteiger partial charge in [-0.3, -0.25) is 14.4 Å². The topological polar surface area (TPSA) is 134 Å². The molecule has 0 aromatic heterocycles. The Morgan fingerprint density at radius 3 is 1.49 bits per heavy atom. The van der Waals surface area contributed by atoms with Crippen molar-refractivity contribution in [3.05, 3.63) is 0 Å². The molecule has 0 spiro atoms. The zero-order valence-corrected chi connectivity index (χ0v) is 35.6. The average molecular weight is 782 g/mol. The summed E-state index contributed by atoms with van der Waals surface area (Å²) in [7, 11) is 15.3. The summed E-state index contributed by atoms with van der Waals surface area (Å²) in [6.07, 6.45) is 9.23. The molecule has 0 fully saturated rings. The maximum absolute atomic E-state index is 12.3. The van der Waals surface area contributed by atoms with Crippen LogP contribution in [0.3, 0.4) is 0 Å². The highest BCUT2D eigenvalue weighted by atomic mass is 33.1. The fraction of sp³-hybridized carbons (Fsp3) is 0.914. The molecular formula is C35H75N9O4S3. The fourth-order valence-corrected chi connectivity index (χ4v) is 7.20. The lowest BCUT2D eigenvalue weighted by Gasteiger charge is -2.26. The number of carbonyl (C=O) groups excluding carboxylic acids is 3. The number of likely N-dealkylation sites (N-methyl/N-ethyl adjacent to an activating group) is 1. The molecule has 0 aromatic carbocycles. The quantitative estimate of drug-likeness (QED) is 0.0460. The van der Waals surface area contributed by atoms with Crippen molar-refractivity contribution in [2.45, 2.75) is 51.0 Å². The Hall–Kier alpha value is -0.820. The molecule has 302 valence electrons. The Labute approximate surface area is 323 Å². The SMILES string of the molecule is CNCCCN(C)CCCCN(C)CCCNC(=O)CSSCC(=O)NCCCN(C)CCC(CN(C)CCCNC)OCC(=O)NCCSC. The summed E-state index contributed by atoms with van der Waals surface area (Å²) in [5.41, 5.74) is 0. The maximum atomic E-state index is 12.3. The lowest BCUT2D eigenvalue weighted by atomic mass is 10.2. The minimum Gasteiger partial charge on any atom is -0.367 e. The third-order valence-electron chi connectivity index (χ3n) is 8.23. The van der Waals surface area contributed by atoms with E-state index in [0.29, 0.717) is 31.1 Å². The van der Waals surface area contributed by atoms with E-state index in [-0.39, 0.29) is 30.4 Å². The molecule has 0 rings (SSSR count). The van der Waals surface area contributed by atoms with Crippen molar-refractivity contribution in [3.8, 4) is 0 Å². The van der Waals surface area contributed by atoms with Crippen molar-refractivity contribution in [3.63, 3.8) is 0 Å². The standard InChI is InChI=1S/C35H75N9O4S3/c1-36-15-10-22-41(3)20-8-9-21-42(4)23-12-17-38-34(46)30-50-51-31-35(47)39-18-13-24-43(5)26-14-32(28-44(6)25-11-16-37-2)48-29-33(45)40-19-27-49-7/h32,36-37H,8-31H2,1-7H3,(H,38,46)(H,39,47)(H,40,45). The van der Waals surface area contributed by atoms with Crippen molar-refractivity contribution < 1.29 is 19.1 Å². The molecule has 5 N–H and O–H groups in total. The second-order valence-electron chi connectivity index (χ2n) is 13.3. The predicted molar refractivity (Wildman–Crippen MR) is 222 cm³/mol. The van der Waals surface area contributed by atoms with Gasteiger partial charge >= 0.3 is 0 Å². The van der Waals surface area contributed by atoms with Gasteiger partial charge in [0.15, 0.2) is 0 Å². The van der Waals surface area contributed by atoms with Gasteiger partial charge in [0.05, 0.1) is 17.6 Å². The monoisotopic (exact) mass is 782 g/mol. The third kappa shape index (κ3) is 34.7. The molecule has 0 aliphatic rings. The first-order valence-electron chi connectivity index (χ1n) is 18.8. The number of ether oxygens (including phenoxy) is 1. The predicted octanol–water partition coefficient (Wildman–Crippen LogP) is 1.36. The first-order chi connectivity index (χ1) is 24.6. The van der Waals surface area contributed by atoms with Crippen LogP contribution in [0.4, 0.5) is 0 Å². The summed E-state index contributed by atoms with van der Waals surface area (Å²) in [5, 5.41) is 15.3. The van der Waals surface area contributed by atoms with Crippen LogP contribution in [0.25, 0.3) is 0 Å². The smallest absolute Gasteiger partial charge is 0.246 e. The molecule has 0 bridgehead atoms. The molecule has 0 saturated heterocycles. The highest BCUT2D eigenvalue weighted by Gasteiger charge is 2.16. The molecule has 0 aliphatic carbocycles. The molecule has 0 aromatic rings.